The first-order valence-electron chi connectivity index (χ1n) is 2.84. The zero-order chi connectivity index (χ0) is 5.98. The normalized spacial score (nSPS) is 12.0. The molecule has 0 saturated carbocycles. The topological polar surface area (TPSA) is 3.88 Å². The predicted octanol–water partition coefficient (Wildman–Crippen LogP) is 1.52. The maximum atomic E-state index is 2.29. The molecule has 0 bridgehead atoms. The van der Waals surface area contributed by atoms with Crippen molar-refractivity contribution in [2.45, 2.75) is 13.5 Å². The first-order valence-corrected chi connectivity index (χ1v) is 4.76. The molecule has 1 aromatic rings. The summed E-state index contributed by atoms with van der Waals surface area (Å²) in [4.78, 5) is 0. The quantitative estimate of drug-likeness (QED) is 0.505. The van der Waals surface area contributed by atoms with Crippen LogP contribution in [0.4, 0.5) is 0 Å². The van der Waals surface area contributed by atoms with Crippen LogP contribution in [-0.2, 0) is 13.2 Å². The lowest BCUT2D eigenvalue weighted by Crippen LogP contribution is -2.27. The van der Waals surface area contributed by atoms with Gasteiger partial charge in [0.2, 0.25) is 0 Å². The molecule has 0 spiro atoms. The highest BCUT2D eigenvalue weighted by atomic mass is 31.1. The van der Waals surface area contributed by atoms with E-state index >= 15 is 0 Å². The Kier molecular flexibility index (Phi) is 1.69. The molecule has 0 N–H and O–H groups in total. The minimum Gasteiger partial charge on any atom is -0.202 e. The molecule has 1 atom stereocenters. The van der Waals surface area contributed by atoms with E-state index in [4.69, 9.17) is 0 Å². The zero-order valence-electron chi connectivity index (χ0n) is 5.33. The molecule has 2 heteroatoms. The third-order valence-electron chi connectivity index (χ3n) is 1.19. The van der Waals surface area contributed by atoms with Gasteiger partial charge in [-0.1, -0.05) is 7.53 Å². The van der Waals surface area contributed by atoms with Crippen molar-refractivity contribution in [3.63, 3.8) is 0 Å². The monoisotopic (exact) mass is 128 g/mol. The van der Waals surface area contributed by atoms with Gasteiger partial charge in [0.15, 0.2) is 12.1 Å². The number of hydrogen-bond donors (Lipinski definition) is 0. The van der Waals surface area contributed by atoms with E-state index in [1.807, 2.05) is 0 Å². The summed E-state index contributed by atoms with van der Waals surface area (Å²) in [7, 11) is 0.110. The van der Waals surface area contributed by atoms with E-state index in [1.165, 1.54) is 0 Å². The standard InChI is InChI=1S/C6H11NP/c1-3-7-4-5-8(2)6-7/h4-6H,3H2,1-2H3/q+1. The van der Waals surface area contributed by atoms with Crippen LogP contribution < -0.4 is 4.57 Å². The van der Waals surface area contributed by atoms with Gasteiger partial charge < -0.3 is 0 Å². The van der Waals surface area contributed by atoms with E-state index < -0.39 is 0 Å². The molecule has 8 heavy (non-hydrogen) atoms. The lowest BCUT2D eigenvalue weighted by Gasteiger charge is -1.77. The van der Waals surface area contributed by atoms with Crippen molar-refractivity contribution in [1.82, 2.24) is 0 Å². The van der Waals surface area contributed by atoms with Gasteiger partial charge in [-0.15, -0.1) is 0 Å². The molecule has 44 valence electrons. The van der Waals surface area contributed by atoms with Crippen molar-refractivity contribution < 1.29 is 4.57 Å². The highest BCUT2D eigenvalue weighted by molar-refractivity contribution is 7.46. The molecule has 1 rings (SSSR count). The van der Waals surface area contributed by atoms with Gasteiger partial charge >= 0.3 is 0 Å². The zero-order valence-corrected chi connectivity index (χ0v) is 6.23. The Morgan fingerprint density at radius 1 is 1.62 bits per heavy atom. The molecule has 0 radical (unpaired) electrons. The summed E-state index contributed by atoms with van der Waals surface area (Å²) in [5.74, 6) is 4.55. The van der Waals surface area contributed by atoms with E-state index in [0.29, 0.717) is 0 Å². The Morgan fingerprint density at radius 3 is 2.62 bits per heavy atom. The molecule has 0 aliphatic heterocycles. The van der Waals surface area contributed by atoms with Crippen LogP contribution in [0.1, 0.15) is 6.92 Å². The fraction of sp³-hybridized carbons (Fsp3) is 0.500. The highest BCUT2D eigenvalue weighted by Crippen LogP contribution is 2.16. The molecular weight excluding hydrogens is 117 g/mol. The number of hydrogen-bond acceptors (Lipinski definition) is 0. The van der Waals surface area contributed by atoms with Crippen molar-refractivity contribution in [3.05, 3.63) is 17.9 Å². The summed E-state index contributed by atoms with van der Waals surface area (Å²) in [6.45, 7) is 5.53. The van der Waals surface area contributed by atoms with Crippen molar-refractivity contribution >= 4 is 7.53 Å². The average molecular weight is 128 g/mol. The number of rotatable bonds is 1. The second-order valence-corrected chi connectivity index (χ2v) is 3.77. The third kappa shape index (κ3) is 1.10. The third-order valence-corrected chi connectivity index (χ3v) is 2.45. The molecule has 0 aromatic carbocycles. The molecule has 0 aliphatic carbocycles. The van der Waals surface area contributed by atoms with Crippen LogP contribution in [0.15, 0.2) is 17.9 Å². The van der Waals surface area contributed by atoms with Crippen LogP contribution in [0.25, 0.3) is 0 Å². The summed E-state index contributed by atoms with van der Waals surface area (Å²) >= 11 is 0. The largest absolute Gasteiger partial charge is 0.202 e. The number of aromatic nitrogens is 1. The van der Waals surface area contributed by atoms with Crippen molar-refractivity contribution in [1.29, 1.82) is 0 Å². The fourth-order valence-electron chi connectivity index (χ4n) is 0.689. The second-order valence-electron chi connectivity index (χ2n) is 1.91. The lowest BCUT2D eigenvalue weighted by atomic mass is 10.7. The van der Waals surface area contributed by atoms with Crippen LogP contribution >= 0.6 is 7.53 Å². The lowest BCUT2D eigenvalue weighted by molar-refractivity contribution is -0.688. The predicted molar refractivity (Wildman–Crippen MR) is 36.0 cm³/mol. The average Bonchev–Trinajstić information content (AvgIpc) is 2.14. The van der Waals surface area contributed by atoms with Gasteiger partial charge in [0.05, 0.1) is 0 Å². The number of nitrogens with zero attached hydrogens (tertiary/aromatic N) is 1. The Balaban J connectivity index is 2.84. The van der Waals surface area contributed by atoms with Gasteiger partial charge in [-0.3, -0.25) is 0 Å². The molecule has 0 amide bonds. The SMILES string of the molecule is CC[n+]1ccp(C)c1. The van der Waals surface area contributed by atoms with E-state index in [2.05, 4.69) is 36.1 Å². The van der Waals surface area contributed by atoms with Gasteiger partial charge in [0.25, 0.3) is 0 Å². The first kappa shape index (κ1) is 5.84. The van der Waals surface area contributed by atoms with E-state index in [1.54, 1.807) is 0 Å². The minimum atomic E-state index is 0.110. The molecule has 1 aromatic heterocycles. The molecule has 1 nitrogen and oxygen atoms in total. The van der Waals surface area contributed by atoms with Crippen LogP contribution in [0.5, 0.6) is 0 Å². The Hall–Kier alpha value is -0.290. The van der Waals surface area contributed by atoms with Crippen molar-refractivity contribution in [3.8, 4) is 0 Å². The summed E-state index contributed by atoms with van der Waals surface area (Å²) < 4.78 is 2.23. The van der Waals surface area contributed by atoms with Gasteiger partial charge in [-0.2, -0.15) is 0 Å². The molecule has 0 aliphatic rings. The van der Waals surface area contributed by atoms with Crippen molar-refractivity contribution in [2.75, 3.05) is 0 Å². The maximum Gasteiger partial charge on any atom is 0.185 e. The van der Waals surface area contributed by atoms with Gasteiger partial charge in [0, 0.05) is 5.80 Å². The van der Waals surface area contributed by atoms with Crippen LogP contribution in [0, 0.1) is 0 Å². The Morgan fingerprint density at radius 2 is 2.38 bits per heavy atom. The summed E-state index contributed by atoms with van der Waals surface area (Å²) in [6, 6.07) is 0. The highest BCUT2D eigenvalue weighted by Gasteiger charge is 1.94. The second kappa shape index (κ2) is 2.32. The van der Waals surface area contributed by atoms with E-state index in [9.17, 15) is 0 Å². The minimum absolute atomic E-state index is 0.110. The fourth-order valence-corrected chi connectivity index (χ4v) is 1.86. The molecular formula is C6H11NP+. The summed E-state index contributed by atoms with van der Waals surface area (Å²) in [5.41, 5.74) is 0. The van der Waals surface area contributed by atoms with Crippen molar-refractivity contribution in [2.24, 2.45) is 6.66 Å². The molecule has 1 heterocycles. The van der Waals surface area contributed by atoms with E-state index in [0.717, 1.165) is 6.54 Å². The summed E-state index contributed by atoms with van der Waals surface area (Å²) in [5, 5.41) is 0. The van der Waals surface area contributed by atoms with Crippen LogP contribution in [-0.4, -0.2) is 0 Å². The van der Waals surface area contributed by atoms with E-state index in [-0.39, 0.29) is 7.53 Å². The first-order chi connectivity index (χ1) is 3.83. The smallest absolute Gasteiger partial charge is 0.185 e. The molecule has 0 saturated heterocycles. The number of aryl methyl sites for hydroxylation is 2. The van der Waals surface area contributed by atoms with Crippen LogP contribution in [0.3, 0.4) is 0 Å². The van der Waals surface area contributed by atoms with Crippen LogP contribution in [0.2, 0.25) is 0 Å². The van der Waals surface area contributed by atoms with Gasteiger partial charge in [-0.25, -0.2) is 4.57 Å². The summed E-state index contributed by atoms with van der Waals surface area (Å²) in [6.07, 6.45) is 2.16. The Labute approximate surface area is 51.0 Å². The Bertz CT molecular complexity index is 169. The van der Waals surface area contributed by atoms with Gasteiger partial charge in [0.1, 0.15) is 6.54 Å². The van der Waals surface area contributed by atoms with Gasteiger partial charge in [-0.05, 0) is 13.6 Å². The molecule has 0 fully saturated rings. The maximum absolute atomic E-state index is 2.29. The molecule has 1 unspecified atom stereocenters.